The van der Waals surface area contributed by atoms with Crippen molar-refractivity contribution in [3.63, 3.8) is 0 Å². The van der Waals surface area contributed by atoms with Crippen molar-refractivity contribution in [3.05, 3.63) is 71.4 Å². The third kappa shape index (κ3) is 3.62. The number of fused-ring (bicyclic) bond motifs is 3. The van der Waals surface area contributed by atoms with Crippen molar-refractivity contribution in [1.82, 2.24) is 9.97 Å². The standard InChI is InChI=1S/C23H23N3O2/c1-14-11-18(28-15(2)27)10-9-17(14)8-7-16-12-20-19-5-3-4-6-21(19)26-23(24)22(20)25-13-16/h3-6,9-13,15,27H,7-8H2,1-2H3,(H2,24,26). The number of aliphatic hydroxyl groups is 1. The molecule has 0 amide bonds. The fraction of sp³-hybridized carbons (Fsp3) is 0.217. The summed E-state index contributed by atoms with van der Waals surface area (Å²) < 4.78 is 5.34. The molecule has 142 valence electrons. The second-order valence-corrected chi connectivity index (χ2v) is 7.06. The molecule has 4 rings (SSSR count). The number of anilines is 1. The van der Waals surface area contributed by atoms with E-state index in [-0.39, 0.29) is 0 Å². The van der Waals surface area contributed by atoms with Crippen LogP contribution in [-0.2, 0) is 12.8 Å². The van der Waals surface area contributed by atoms with Crippen LogP contribution in [0, 0.1) is 6.92 Å². The zero-order valence-electron chi connectivity index (χ0n) is 16.0. The predicted octanol–water partition coefficient (Wildman–Crippen LogP) is 4.18. The SMILES string of the molecule is Cc1cc(OC(C)O)ccc1CCc1cnc2c(N)nc3ccccc3c2c1. The molecule has 4 aromatic rings. The van der Waals surface area contributed by atoms with Crippen molar-refractivity contribution in [3.8, 4) is 5.75 Å². The normalized spacial score (nSPS) is 12.4. The topological polar surface area (TPSA) is 81.3 Å². The van der Waals surface area contributed by atoms with Gasteiger partial charge in [-0.3, -0.25) is 4.98 Å². The number of aryl methyl sites for hydroxylation is 3. The van der Waals surface area contributed by atoms with Gasteiger partial charge in [-0.15, -0.1) is 0 Å². The molecule has 0 aliphatic heterocycles. The molecular formula is C23H23N3O2. The first-order valence-electron chi connectivity index (χ1n) is 9.38. The number of rotatable bonds is 5. The summed E-state index contributed by atoms with van der Waals surface area (Å²) in [5.74, 6) is 1.14. The Bertz CT molecular complexity index is 1160. The summed E-state index contributed by atoms with van der Waals surface area (Å²) in [5, 5.41) is 11.5. The summed E-state index contributed by atoms with van der Waals surface area (Å²) in [4.78, 5) is 9.03. The van der Waals surface area contributed by atoms with Crippen LogP contribution in [0.15, 0.2) is 54.7 Å². The monoisotopic (exact) mass is 373 g/mol. The van der Waals surface area contributed by atoms with Crippen molar-refractivity contribution >= 4 is 27.6 Å². The van der Waals surface area contributed by atoms with E-state index in [4.69, 9.17) is 10.5 Å². The number of aromatic nitrogens is 2. The molecule has 2 aromatic heterocycles. The fourth-order valence-corrected chi connectivity index (χ4v) is 3.53. The minimum Gasteiger partial charge on any atom is -0.465 e. The van der Waals surface area contributed by atoms with Gasteiger partial charge in [0, 0.05) is 17.0 Å². The van der Waals surface area contributed by atoms with Crippen molar-refractivity contribution in [2.45, 2.75) is 33.0 Å². The Labute approximate surface area is 163 Å². The fourth-order valence-electron chi connectivity index (χ4n) is 3.53. The molecule has 5 nitrogen and oxygen atoms in total. The van der Waals surface area contributed by atoms with Crippen LogP contribution >= 0.6 is 0 Å². The van der Waals surface area contributed by atoms with Crippen molar-refractivity contribution in [1.29, 1.82) is 0 Å². The number of hydrogen-bond donors (Lipinski definition) is 2. The Morgan fingerprint density at radius 1 is 1.07 bits per heavy atom. The van der Waals surface area contributed by atoms with E-state index >= 15 is 0 Å². The lowest BCUT2D eigenvalue weighted by molar-refractivity contribution is -0.000335. The van der Waals surface area contributed by atoms with Gasteiger partial charge in [-0.05, 0) is 67.6 Å². The number of aliphatic hydroxyl groups excluding tert-OH is 1. The van der Waals surface area contributed by atoms with E-state index in [9.17, 15) is 5.11 Å². The molecule has 0 aliphatic rings. The molecule has 2 heterocycles. The minimum absolute atomic E-state index is 0.463. The molecule has 0 saturated heterocycles. The molecule has 0 radical (unpaired) electrons. The van der Waals surface area contributed by atoms with Crippen LogP contribution < -0.4 is 10.5 Å². The maximum atomic E-state index is 9.36. The minimum atomic E-state index is -0.814. The van der Waals surface area contributed by atoms with Gasteiger partial charge in [0.1, 0.15) is 11.3 Å². The number of nitrogens with two attached hydrogens (primary N) is 1. The van der Waals surface area contributed by atoms with Gasteiger partial charge in [0.15, 0.2) is 12.1 Å². The largest absolute Gasteiger partial charge is 0.465 e. The molecule has 2 aromatic carbocycles. The molecule has 0 bridgehead atoms. The van der Waals surface area contributed by atoms with E-state index in [0.717, 1.165) is 45.8 Å². The zero-order chi connectivity index (χ0) is 19.7. The third-order valence-corrected chi connectivity index (χ3v) is 4.93. The first-order valence-corrected chi connectivity index (χ1v) is 9.38. The van der Waals surface area contributed by atoms with Gasteiger partial charge < -0.3 is 15.6 Å². The van der Waals surface area contributed by atoms with Gasteiger partial charge in [0.25, 0.3) is 0 Å². The molecule has 3 N–H and O–H groups in total. The van der Waals surface area contributed by atoms with Crippen LogP contribution in [0.1, 0.15) is 23.6 Å². The predicted molar refractivity (Wildman–Crippen MR) is 112 cm³/mol. The molecule has 0 fully saturated rings. The summed E-state index contributed by atoms with van der Waals surface area (Å²) in [6, 6.07) is 16.1. The van der Waals surface area contributed by atoms with Gasteiger partial charge >= 0.3 is 0 Å². The number of nitrogen functional groups attached to an aromatic ring is 1. The molecule has 28 heavy (non-hydrogen) atoms. The molecule has 1 atom stereocenters. The summed E-state index contributed by atoms with van der Waals surface area (Å²) >= 11 is 0. The van der Waals surface area contributed by atoms with Crippen LogP contribution in [-0.4, -0.2) is 21.4 Å². The van der Waals surface area contributed by atoms with Gasteiger partial charge in [-0.25, -0.2) is 4.98 Å². The summed E-state index contributed by atoms with van der Waals surface area (Å²) in [5.41, 5.74) is 11.3. The highest BCUT2D eigenvalue weighted by atomic mass is 16.6. The van der Waals surface area contributed by atoms with E-state index in [1.54, 1.807) is 6.92 Å². The van der Waals surface area contributed by atoms with Crippen LogP contribution in [0.4, 0.5) is 5.82 Å². The first-order chi connectivity index (χ1) is 13.5. The Balaban J connectivity index is 1.61. The van der Waals surface area contributed by atoms with Gasteiger partial charge in [0.2, 0.25) is 0 Å². The van der Waals surface area contributed by atoms with Crippen molar-refractivity contribution in [2.75, 3.05) is 5.73 Å². The summed E-state index contributed by atoms with van der Waals surface area (Å²) in [7, 11) is 0. The quantitative estimate of drug-likeness (QED) is 0.405. The molecule has 1 unspecified atom stereocenters. The molecule has 0 aliphatic carbocycles. The number of ether oxygens (including phenoxy) is 1. The van der Waals surface area contributed by atoms with E-state index in [1.165, 1.54) is 5.56 Å². The van der Waals surface area contributed by atoms with Crippen LogP contribution in [0.2, 0.25) is 0 Å². The van der Waals surface area contributed by atoms with E-state index in [1.807, 2.05) is 36.5 Å². The highest BCUT2D eigenvalue weighted by Gasteiger charge is 2.09. The van der Waals surface area contributed by atoms with E-state index in [0.29, 0.717) is 11.6 Å². The van der Waals surface area contributed by atoms with Gasteiger partial charge in [0.05, 0.1) is 5.52 Å². The highest BCUT2D eigenvalue weighted by molar-refractivity contribution is 6.08. The van der Waals surface area contributed by atoms with Crippen LogP contribution in [0.3, 0.4) is 0 Å². The number of para-hydroxylation sites is 1. The zero-order valence-corrected chi connectivity index (χ0v) is 16.0. The average molecular weight is 373 g/mol. The summed E-state index contributed by atoms with van der Waals surface area (Å²) in [6.45, 7) is 3.66. The Morgan fingerprint density at radius 3 is 2.68 bits per heavy atom. The Kier molecular flexibility index (Phi) is 4.84. The number of pyridine rings is 2. The van der Waals surface area contributed by atoms with E-state index < -0.39 is 6.29 Å². The smallest absolute Gasteiger partial charge is 0.194 e. The van der Waals surface area contributed by atoms with Gasteiger partial charge in [-0.2, -0.15) is 0 Å². The van der Waals surface area contributed by atoms with Crippen LogP contribution in [0.25, 0.3) is 21.8 Å². The van der Waals surface area contributed by atoms with E-state index in [2.05, 4.69) is 35.1 Å². The average Bonchev–Trinajstić information content (AvgIpc) is 2.67. The highest BCUT2D eigenvalue weighted by Crippen LogP contribution is 2.27. The summed E-state index contributed by atoms with van der Waals surface area (Å²) in [6.07, 6.45) is 2.84. The second kappa shape index (κ2) is 7.44. The molecule has 0 saturated carbocycles. The van der Waals surface area contributed by atoms with Crippen LogP contribution in [0.5, 0.6) is 5.75 Å². The number of benzene rings is 2. The third-order valence-electron chi connectivity index (χ3n) is 4.93. The first kappa shape index (κ1) is 18.2. The molecule has 0 spiro atoms. The number of hydrogen-bond acceptors (Lipinski definition) is 5. The molecular weight excluding hydrogens is 350 g/mol. The lowest BCUT2D eigenvalue weighted by Gasteiger charge is -2.12. The maximum absolute atomic E-state index is 9.36. The van der Waals surface area contributed by atoms with Gasteiger partial charge in [-0.1, -0.05) is 24.3 Å². The Hall–Kier alpha value is -3.18. The van der Waals surface area contributed by atoms with Crippen molar-refractivity contribution in [2.24, 2.45) is 0 Å². The maximum Gasteiger partial charge on any atom is 0.194 e. The van der Waals surface area contributed by atoms with Crippen molar-refractivity contribution < 1.29 is 9.84 Å². The number of nitrogens with zero attached hydrogens (tertiary/aromatic N) is 2. The second-order valence-electron chi connectivity index (χ2n) is 7.06. The lowest BCUT2D eigenvalue weighted by atomic mass is 9.99. The lowest BCUT2D eigenvalue weighted by Crippen LogP contribution is -2.09. The Morgan fingerprint density at radius 2 is 1.89 bits per heavy atom. The molecule has 5 heteroatoms.